The molecule has 102 valence electrons. The lowest BCUT2D eigenvalue weighted by molar-refractivity contribution is 0.856. The molecule has 19 heavy (non-hydrogen) atoms. The number of aromatic nitrogens is 1. The average molecular weight is 388 g/mol. The summed E-state index contributed by atoms with van der Waals surface area (Å²) in [6.07, 6.45) is 4.51. The Bertz CT molecular complexity index is 485. The van der Waals surface area contributed by atoms with Crippen LogP contribution < -0.4 is 11.1 Å². The van der Waals surface area contributed by atoms with Crippen LogP contribution in [0.5, 0.6) is 0 Å². The van der Waals surface area contributed by atoms with E-state index in [1.54, 1.807) is 23.7 Å². The van der Waals surface area contributed by atoms with E-state index in [0.29, 0.717) is 12.5 Å². The van der Waals surface area contributed by atoms with Gasteiger partial charge in [-0.05, 0) is 29.5 Å². The summed E-state index contributed by atoms with van der Waals surface area (Å²) in [4.78, 5) is 9.64. The van der Waals surface area contributed by atoms with Crippen molar-refractivity contribution in [2.24, 2.45) is 10.7 Å². The van der Waals surface area contributed by atoms with Gasteiger partial charge in [-0.2, -0.15) is 0 Å². The van der Waals surface area contributed by atoms with E-state index in [1.165, 1.54) is 4.88 Å². The van der Waals surface area contributed by atoms with Gasteiger partial charge in [-0.1, -0.05) is 12.1 Å². The van der Waals surface area contributed by atoms with Gasteiger partial charge in [0.25, 0.3) is 0 Å². The Hall–Kier alpha value is -1.15. The zero-order valence-corrected chi connectivity index (χ0v) is 13.6. The molecule has 0 saturated carbocycles. The number of hydrogen-bond donors (Lipinski definition) is 2. The first-order valence-electron chi connectivity index (χ1n) is 5.79. The first-order valence-corrected chi connectivity index (χ1v) is 6.67. The number of halogens is 1. The molecule has 0 unspecified atom stereocenters. The second-order valence-electron chi connectivity index (χ2n) is 3.82. The summed E-state index contributed by atoms with van der Waals surface area (Å²) in [7, 11) is 0. The van der Waals surface area contributed by atoms with Crippen molar-refractivity contribution < 1.29 is 0 Å². The molecule has 0 aliphatic heterocycles. The van der Waals surface area contributed by atoms with Gasteiger partial charge in [0.1, 0.15) is 0 Å². The minimum absolute atomic E-state index is 0. The van der Waals surface area contributed by atoms with Gasteiger partial charge < -0.3 is 11.1 Å². The Labute approximate surface area is 134 Å². The number of pyridine rings is 1. The van der Waals surface area contributed by atoms with E-state index in [4.69, 9.17) is 5.73 Å². The molecule has 4 nitrogen and oxygen atoms in total. The van der Waals surface area contributed by atoms with Crippen molar-refractivity contribution in [3.63, 3.8) is 0 Å². The lowest BCUT2D eigenvalue weighted by Crippen LogP contribution is -2.33. The van der Waals surface area contributed by atoms with Gasteiger partial charge in [0.05, 0.1) is 6.54 Å². The lowest BCUT2D eigenvalue weighted by atomic mass is 10.3. The van der Waals surface area contributed by atoms with Crippen LogP contribution in [0.25, 0.3) is 0 Å². The molecule has 0 saturated heterocycles. The molecule has 0 spiro atoms. The number of nitrogens with one attached hydrogen (secondary N) is 1. The van der Waals surface area contributed by atoms with Gasteiger partial charge in [-0.25, -0.2) is 4.99 Å². The second kappa shape index (κ2) is 8.87. The summed E-state index contributed by atoms with van der Waals surface area (Å²) in [5.74, 6) is 0.482. The van der Waals surface area contributed by atoms with Gasteiger partial charge in [0.15, 0.2) is 5.96 Å². The second-order valence-corrected chi connectivity index (χ2v) is 4.85. The third-order valence-corrected chi connectivity index (χ3v) is 3.35. The van der Waals surface area contributed by atoms with E-state index < -0.39 is 0 Å². The van der Waals surface area contributed by atoms with Crippen LogP contribution >= 0.6 is 35.3 Å². The third-order valence-electron chi connectivity index (χ3n) is 2.41. The van der Waals surface area contributed by atoms with E-state index in [0.717, 1.165) is 18.5 Å². The monoisotopic (exact) mass is 388 g/mol. The zero-order valence-electron chi connectivity index (χ0n) is 10.5. The molecule has 0 aliphatic rings. The highest BCUT2D eigenvalue weighted by molar-refractivity contribution is 14.0. The van der Waals surface area contributed by atoms with Gasteiger partial charge in [-0.3, -0.25) is 4.98 Å². The molecule has 0 radical (unpaired) electrons. The highest BCUT2D eigenvalue weighted by Crippen LogP contribution is 2.07. The fourth-order valence-electron chi connectivity index (χ4n) is 1.49. The molecule has 2 rings (SSSR count). The summed E-state index contributed by atoms with van der Waals surface area (Å²) in [5.41, 5.74) is 6.84. The van der Waals surface area contributed by atoms with Crippen LogP contribution in [-0.4, -0.2) is 17.5 Å². The normalized spacial score (nSPS) is 10.8. The molecule has 0 aromatic carbocycles. The molecule has 0 amide bonds. The highest BCUT2D eigenvalue weighted by atomic mass is 127. The van der Waals surface area contributed by atoms with Crippen molar-refractivity contribution in [3.8, 4) is 0 Å². The first kappa shape index (κ1) is 15.9. The van der Waals surface area contributed by atoms with Crippen LogP contribution in [0.1, 0.15) is 10.4 Å². The van der Waals surface area contributed by atoms with Gasteiger partial charge in [-0.15, -0.1) is 35.3 Å². The SMILES string of the molecule is I.NC(=NCc1cccnc1)NCCc1cccs1. The van der Waals surface area contributed by atoms with Crippen LogP contribution in [0.4, 0.5) is 0 Å². The van der Waals surface area contributed by atoms with Gasteiger partial charge in [0, 0.05) is 23.8 Å². The van der Waals surface area contributed by atoms with Crippen LogP contribution in [0.15, 0.2) is 47.0 Å². The van der Waals surface area contributed by atoms with Crippen LogP contribution in [0.2, 0.25) is 0 Å². The molecule has 0 fully saturated rings. The van der Waals surface area contributed by atoms with Crippen molar-refractivity contribution in [2.45, 2.75) is 13.0 Å². The molecule has 3 N–H and O–H groups in total. The van der Waals surface area contributed by atoms with Crippen molar-refractivity contribution in [2.75, 3.05) is 6.54 Å². The van der Waals surface area contributed by atoms with Gasteiger partial charge >= 0.3 is 0 Å². The smallest absolute Gasteiger partial charge is 0.188 e. The Balaban J connectivity index is 0.00000180. The standard InChI is InChI=1S/C13H16N4S.HI/c14-13(16-7-5-12-4-2-8-18-12)17-10-11-3-1-6-15-9-11;/h1-4,6,8-9H,5,7,10H2,(H3,14,16,17);1H. The maximum atomic E-state index is 5.78. The fraction of sp³-hybridized carbons (Fsp3) is 0.231. The highest BCUT2D eigenvalue weighted by Gasteiger charge is 1.95. The van der Waals surface area contributed by atoms with Crippen LogP contribution in [0, 0.1) is 0 Å². The molecule has 0 bridgehead atoms. The number of thiophene rings is 1. The third kappa shape index (κ3) is 6.02. The molecule has 2 aromatic rings. The first-order chi connectivity index (χ1) is 8.84. The van der Waals surface area contributed by atoms with Crippen LogP contribution in [0.3, 0.4) is 0 Å². The lowest BCUT2D eigenvalue weighted by Gasteiger charge is -2.04. The topological polar surface area (TPSA) is 63.3 Å². The van der Waals surface area contributed by atoms with E-state index in [2.05, 4.69) is 32.8 Å². The van der Waals surface area contributed by atoms with E-state index in [9.17, 15) is 0 Å². The average Bonchev–Trinajstić information content (AvgIpc) is 2.91. The Morgan fingerprint density at radius 2 is 2.26 bits per heavy atom. The summed E-state index contributed by atoms with van der Waals surface area (Å²) < 4.78 is 0. The predicted octanol–water partition coefficient (Wildman–Crippen LogP) is 2.41. The van der Waals surface area contributed by atoms with Crippen molar-refractivity contribution in [3.05, 3.63) is 52.5 Å². The number of aliphatic imine (C=N–C) groups is 1. The number of nitrogens with zero attached hydrogens (tertiary/aromatic N) is 2. The van der Waals surface area contributed by atoms with Crippen LogP contribution in [-0.2, 0) is 13.0 Å². The minimum Gasteiger partial charge on any atom is -0.370 e. The summed E-state index contributed by atoms with van der Waals surface area (Å²) in [5, 5.41) is 5.18. The maximum Gasteiger partial charge on any atom is 0.188 e. The van der Waals surface area contributed by atoms with Crippen molar-refractivity contribution >= 4 is 41.3 Å². The Morgan fingerprint density at radius 1 is 1.37 bits per heavy atom. The molecule has 0 atom stereocenters. The van der Waals surface area contributed by atoms with E-state index in [-0.39, 0.29) is 24.0 Å². The molecule has 0 aliphatic carbocycles. The molecule has 2 aromatic heterocycles. The zero-order chi connectivity index (χ0) is 12.6. The Kier molecular flexibility index (Phi) is 7.42. The maximum absolute atomic E-state index is 5.78. The number of nitrogens with two attached hydrogens (primary N) is 1. The molecule has 6 heteroatoms. The quantitative estimate of drug-likeness (QED) is 0.470. The largest absolute Gasteiger partial charge is 0.370 e. The van der Waals surface area contributed by atoms with E-state index in [1.807, 2.05) is 12.1 Å². The molecule has 2 heterocycles. The van der Waals surface area contributed by atoms with E-state index >= 15 is 0 Å². The predicted molar refractivity (Wildman–Crippen MR) is 91.0 cm³/mol. The summed E-state index contributed by atoms with van der Waals surface area (Å²) in [6, 6.07) is 8.05. The molecular weight excluding hydrogens is 371 g/mol. The van der Waals surface area contributed by atoms with Crippen molar-refractivity contribution in [1.82, 2.24) is 10.3 Å². The fourth-order valence-corrected chi connectivity index (χ4v) is 2.20. The molecular formula is C13H17IN4S. The Morgan fingerprint density at radius 3 is 2.95 bits per heavy atom. The van der Waals surface area contributed by atoms with Crippen molar-refractivity contribution in [1.29, 1.82) is 0 Å². The summed E-state index contributed by atoms with van der Waals surface area (Å²) in [6.45, 7) is 1.37. The van der Waals surface area contributed by atoms with Gasteiger partial charge in [0.2, 0.25) is 0 Å². The number of hydrogen-bond acceptors (Lipinski definition) is 3. The minimum atomic E-state index is 0. The summed E-state index contributed by atoms with van der Waals surface area (Å²) >= 11 is 1.76. The number of guanidine groups is 1. The number of rotatable bonds is 5.